The van der Waals surface area contributed by atoms with E-state index in [4.69, 9.17) is 9.47 Å². The van der Waals surface area contributed by atoms with Gasteiger partial charge in [-0.25, -0.2) is 0 Å². The minimum absolute atomic E-state index is 0.0273. The fraction of sp³-hybridized carbons (Fsp3) is 0.294. The highest BCUT2D eigenvalue weighted by Crippen LogP contribution is 2.46. The summed E-state index contributed by atoms with van der Waals surface area (Å²) < 4.78 is 10.9. The molecular formula is C34H37N3O4. The highest BCUT2D eigenvalue weighted by atomic mass is 16.5. The van der Waals surface area contributed by atoms with Crippen LogP contribution in [-0.4, -0.2) is 40.0 Å². The minimum atomic E-state index is -0.481. The second-order valence-corrected chi connectivity index (χ2v) is 10.9. The van der Waals surface area contributed by atoms with Gasteiger partial charge in [0.15, 0.2) is 17.3 Å². The number of para-hydroxylation sites is 1. The number of carbonyl (C=O) groups is 2. The second kappa shape index (κ2) is 11.5. The van der Waals surface area contributed by atoms with E-state index >= 15 is 0 Å². The fourth-order valence-electron chi connectivity index (χ4n) is 5.88. The number of carbonyl (C=O) groups excluding carboxylic acids is 2. The number of hydrogen-bond donors (Lipinski definition) is 2. The molecule has 1 aliphatic heterocycles. The number of allylic oxidation sites excluding steroid dienone is 3. The van der Waals surface area contributed by atoms with Crippen LogP contribution in [0.15, 0.2) is 89.3 Å². The third-order valence-electron chi connectivity index (χ3n) is 8.09. The summed E-state index contributed by atoms with van der Waals surface area (Å²) >= 11 is 0. The van der Waals surface area contributed by atoms with Crippen molar-refractivity contribution in [2.75, 3.05) is 38.5 Å². The molecule has 2 N–H and O–H groups in total. The summed E-state index contributed by atoms with van der Waals surface area (Å²) in [7, 11) is 7.20. The van der Waals surface area contributed by atoms with E-state index in [2.05, 4.69) is 10.6 Å². The number of nitrogens with zero attached hydrogens (tertiary/aromatic N) is 1. The third kappa shape index (κ3) is 5.44. The van der Waals surface area contributed by atoms with E-state index in [0.717, 1.165) is 39.5 Å². The standard InChI is InChI=1S/C34H37N3O4/c1-20-9-7-8-10-26(20)36-34(39)31-21(2)35-27-17-24(23-13-16-29(40-5)30(19-23)41-6)18-28(38)33(27)32(31)22-11-14-25(15-12-22)37(3)4/h7-16,19,24,32,35H,17-18H2,1-6H3,(H,36,39)/t24-,32-/m1/s1. The molecule has 1 amide bonds. The molecule has 0 spiro atoms. The largest absolute Gasteiger partial charge is 0.493 e. The maximum atomic E-state index is 14.0. The van der Waals surface area contributed by atoms with Gasteiger partial charge in [0, 0.05) is 60.3 Å². The van der Waals surface area contributed by atoms with Crippen molar-refractivity contribution in [3.8, 4) is 11.5 Å². The van der Waals surface area contributed by atoms with Gasteiger partial charge in [-0.05, 0) is 73.2 Å². The normalized spacial score (nSPS) is 18.4. The zero-order chi connectivity index (χ0) is 29.3. The highest BCUT2D eigenvalue weighted by molar-refractivity contribution is 6.10. The van der Waals surface area contributed by atoms with E-state index in [0.29, 0.717) is 35.5 Å². The summed E-state index contributed by atoms with van der Waals surface area (Å²) in [5.41, 5.74) is 7.54. The maximum absolute atomic E-state index is 14.0. The summed E-state index contributed by atoms with van der Waals surface area (Å²) in [5, 5.41) is 6.58. The average molecular weight is 552 g/mol. The summed E-state index contributed by atoms with van der Waals surface area (Å²) in [6.07, 6.45) is 0.987. The van der Waals surface area contributed by atoms with Gasteiger partial charge in [0.25, 0.3) is 5.91 Å². The van der Waals surface area contributed by atoms with Crippen molar-refractivity contribution in [3.63, 3.8) is 0 Å². The van der Waals surface area contributed by atoms with Crippen LogP contribution in [0.4, 0.5) is 11.4 Å². The van der Waals surface area contributed by atoms with Crippen molar-refractivity contribution < 1.29 is 19.1 Å². The van der Waals surface area contributed by atoms with Crippen LogP contribution in [0.5, 0.6) is 11.5 Å². The molecule has 0 saturated heterocycles. The maximum Gasteiger partial charge on any atom is 0.254 e. The summed E-state index contributed by atoms with van der Waals surface area (Å²) in [6.45, 7) is 3.88. The number of ether oxygens (including phenoxy) is 2. The van der Waals surface area contributed by atoms with E-state index in [1.165, 1.54) is 0 Å². The Balaban J connectivity index is 1.56. The molecule has 0 unspecified atom stereocenters. The lowest BCUT2D eigenvalue weighted by molar-refractivity contribution is -0.116. The van der Waals surface area contributed by atoms with Crippen LogP contribution in [0.1, 0.15) is 48.3 Å². The van der Waals surface area contributed by atoms with Crippen molar-refractivity contribution in [2.24, 2.45) is 0 Å². The topological polar surface area (TPSA) is 79.9 Å². The van der Waals surface area contributed by atoms with Gasteiger partial charge in [-0.1, -0.05) is 36.4 Å². The number of methoxy groups -OCH3 is 2. The lowest BCUT2D eigenvalue weighted by Crippen LogP contribution is -2.37. The van der Waals surface area contributed by atoms with Gasteiger partial charge < -0.3 is 25.0 Å². The van der Waals surface area contributed by atoms with Crippen molar-refractivity contribution in [2.45, 2.75) is 38.5 Å². The number of amides is 1. The molecule has 3 aromatic carbocycles. The third-order valence-corrected chi connectivity index (χ3v) is 8.09. The van der Waals surface area contributed by atoms with Crippen LogP contribution in [0.3, 0.4) is 0 Å². The van der Waals surface area contributed by atoms with Crippen molar-refractivity contribution in [1.29, 1.82) is 0 Å². The predicted octanol–water partition coefficient (Wildman–Crippen LogP) is 6.08. The van der Waals surface area contributed by atoms with E-state index in [1.807, 2.05) is 99.6 Å². The Morgan fingerprint density at radius 2 is 1.59 bits per heavy atom. The van der Waals surface area contributed by atoms with E-state index < -0.39 is 5.92 Å². The number of Topliss-reactive ketones (excluding diaryl/α,β-unsaturated/α-hetero) is 1. The fourth-order valence-corrected chi connectivity index (χ4v) is 5.88. The summed E-state index contributed by atoms with van der Waals surface area (Å²) in [6, 6.07) is 21.6. The molecule has 0 fully saturated rings. The van der Waals surface area contributed by atoms with Gasteiger partial charge in [0.2, 0.25) is 0 Å². The smallest absolute Gasteiger partial charge is 0.254 e. The van der Waals surface area contributed by atoms with Gasteiger partial charge in [-0.2, -0.15) is 0 Å². The zero-order valence-electron chi connectivity index (χ0n) is 24.5. The number of aryl methyl sites for hydroxylation is 1. The van der Waals surface area contributed by atoms with E-state index in [1.54, 1.807) is 14.2 Å². The highest BCUT2D eigenvalue weighted by Gasteiger charge is 2.41. The monoisotopic (exact) mass is 551 g/mol. The lowest BCUT2D eigenvalue weighted by atomic mass is 9.71. The van der Waals surface area contributed by atoms with Crippen LogP contribution in [-0.2, 0) is 9.59 Å². The Kier molecular flexibility index (Phi) is 7.88. The number of nitrogens with one attached hydrogen (secondary N) is 2. The van der Waals surface area contributed by atoms with Crippen LogP contribution >= 0.6 is 0 Å². The average Bonchev–Trinajstić information content (AvgIpc) is 2.97. The molecule has 2 aliphatic rings. The molecule has 212 valence electrons. The molecule has 1 heterocycles. The number of ketones is 1. The number of anilines is 2. The van der Waals surface area contributed by atoms with Crippen LogP contribution < -0.4 is 25.0 Å². The van der Waals surface area contributed by atoms with Crippen LogP contribution in [0.25, 0.3) is 0 Å². The molecule has 0 radical (unpaired) electrons. The minimum Gasteiger partial charge on any atom is -0.493 e. The quantitative estimate of drug-likeness (QED) is 0.371. The van der Waals surface area contributed by atoms with Gasteiger partial charge >= 0.3 is 0 Å². The Morgan fingerprint density at radius 3 is 2.24 bits per heavy atom. The van der Waals surface area contributed by atoms with Gasteiger partial charge in [-0.3, -0.25) is 9.59 Å². The number of hydrogen-bond acceptors (Lipinski definition) is 6. The molecule has 7 nitrogen and oxygen atoms in total. The first-order valence-corrected chi connectivity index (χ1v) is 13.8. The van der Waals surface area contributed by atoms with Gasteiger partial charge in [0.05, 0.1) is 14.2 Å². The Labute approximate surface area is 241 Å². The number of benzene rings is 3. The molecule has 3 aromatic rings. The van der Waals surface area contributed by atoms with Gasteiger partial charge in [0.1, 0.15) is 0 Å². The van der Waals surface area contributed by atoms with Crippen molar-refractivity contribution >= 4 is 23.1 Å². The van der Waals surface area contributed by atoms with Gasteiger partial charge in [-0.15, -0.1) is 0 Å². The molecule has 0 aromatic heterocycles. The first-order chi connectivity index (χ1) is 19.7. The number of rotatable bonds is 7. The summed E-state index contributed by atoms with van der Waals surface area (Å²) in [4.78, 5) is 30.0. The van der Waals surface area contributed by atoms with Crippen LogP contribution in [0.2, 0.25) is 0 Å². The molecule has 1 aliphatic carbocycles. The molecule has 41 heavy (non-hydrogen) atoms. The molecule has 5 rings (SSSR count). The van der Waals surface area contributed by atoms with Crippen molar-refractivity contribution in [1.82, 2.24) is 5.32 Å². The Bertz CT molecular complexity index is 1550. The lowest BCUT2D eigenvalue weighted by Gasteiger charge is -2.37. The SMILES string of the molecule is COc1ccc([C@H]2CC(=O)C3=C(C2)NC(C)=C(C(=O)Nc2ccccc2C)[C@H]3c2ccc(N(C)C)cc2)cc1OC. The summed E-state index contributed by atoms with van der Waals surface area (Å²) in [5.74, 6) is 0.601. The number of dihydropyridines is 1. The molecule has 0 bridgehead atoms. The van der Waals surface area contributed by atoms with E-state index in [-0.39, 0.29) is 17.6 Å². The molecule has 0 saturated carbocycles. The molecule has 7 heteroatoms. The zero-order valence-corrected chi connectivity index (χ0v) is 24.5. The molecule has 2 atom stereocenters. The van der Waals surface area contributed by atoms with E-state index in [9.17, 15) is 9.59 Å². The predicted molar refractivity (Wildman–Crippen MR) is 163 cm³/mol. The Morgan fingerprint density at radius 1 is 0.902 bits per heavy atom. The first kappa shape index (κ1) is 28.0. The second-order valence-electron chi connectivity index (χ2n) is 10.9. The van der Waals surface area contributed by atoms with Crippen LogP contribution in [0, 0.1) is 6.92 Å². The van der Waals surface area contributed by atoms with Crippen molar-refractivity contribution in [3.05, 3.63) is 106 Å². The molecular weight excluding hydrogens is 514 g/mol. The first-order valence-electron chi connectivity index (χ1n) is 13.8. The Hall–Kier alpha value is -4.52.